The van der Waals surface area contributed by atoms with Gasteiger partial charge in [-0.15, -0.1) is 0 Å². The molecule has 0 unspecified atom stereocenters. The quantitative estimate of drug-likeness (QED) is 0.500. The van der Waals surface area contributed by atoms with Crippen molar-refractivity contribution in [3.05, 3.63) is 17.7 Å². The van der Waals surface area contributed by atoms with Crippen molar-refractivity contribution in [1.29, 1.82) is 0 Å². The smallest absolute Gasteiger partial charge is 0.238 e. The van der Waals surface area contributed by atoms with Crippen LogP contribution in [-0.4, -0.2) is 28.2 Å². The largest absolute Gasteiger partial charge is 0.399 e. The van der Waals surface area contributed by atoms with Gasteiger partial charge in [0.2, 0.25) is 10.0 Å². The topological polar surface area (TPSA) is 107 Å². The molecule has 0 atom stereocenters. The molecule has 1 aromatic rings. The Kier molecular flexibility index (Phi) is 6.44. The fourth-order valence-corrected chi connectivity index (χ4v) is 2.74. The molecule has 1 rings (SSSR count). The number of nitrogens with two attached hydrogens (primary N) is 2. The van der Waals surface area contributed by atoms with E-state index in [1.54, 1.807) is 13.0 Å². The molecule has 0 heterocycles. The number of anilines is 2. The Bertz CT molecular complexity index is 571. The molecule has 0 amide bonds. The van der Waals surface area contributed by atoms with E-state index in [2.05, 4.69) is 19.2 Å². The first-order valence-corrected chi connectivity index (χ1v) is 8.51. The highest BCUT2D eigenvalue weighted by molar-refractivity contribution is 7.89. The van der Waals surface area contributed by atoms with Crippen LogP contribution < -0.4 is 16.2 Å². The second-order valence-electron chi connectivity index (χ2n) is 5.49. The molecular weight excluding hydrogens is 290 g/mol. The molecule has 0 aliphatic rings. The zero-order valence-corrected chi connectivity index (χ0v) is 13.7. The normalized spacial score (nSPS) is 11.9. The first-order chi connectivity index (χ1) is 9.71. The Morgan fingerprint density at radius 1 is 1.33 bits per heavy atom. The number of hydrogen-bond acceptors (Lipinski definition) is 5. The van der Waals surface area contributed by atoms with Crippen LogP contribution in [0, 0.1) is 12.8 Å². The number of benzene rings is 1. The standard InChI is InChI=1S/C14H25N3O3S/c1-10(2)9-20-6-4-5-17-13-7-12(15)8-14(11(13)3)21(16,18)19/h7-8,10,17H,4-6,9,15H2,1-3H3,(H2,16,18,19). The summed E-state index contributed by atoms with van der Waals surface area (Å²) < 4.78 is 28.5. The lowest BCUT2D eigenvalue weighted by atomic mass is 10.1. The predicted molar refractivity (Wildman–Crippen MR) is 85.7 cm³/mol. The van der Waals surface area contributed by atoms with Crippen LogP contribution in [0.5, 0.6) is 0 Å². The van der Waals surface area contributed by atoms with E-state index < -0.39 is 10.0 Å². The van der Waals surface area contributed by atoms with Gasteiger partial charge in [0.05, 0.1) is 4.90 Å². The van der Waals surface area contributed by atoms with Crippen molar-refractivity contribution in [2.45, 2.75) is 32.1 Å². The van der Waals surface area contributed by atoms with Crippen LogP contribution in [0.1, 0.15) is 25.8 Å². The van der Waals surface area contributed by atoms with Gasteiger partial charge in [-0.2, -0.15) is 0 Å². The second kappa shape index (κ2) is 7.63. The molecule has 0 aliphatic carbocycles. The molecule has 5 N–H and O–H groups in total. The number of rotatable bonds is 8. The fourth-order valence-electron chi connectivity index (χ4n) is 1.90. The van der Waals surface area contributed by atoms with Crippen LogP contribution in [-0.2, 0) is 14.8 Å². The van der Waals surface area contributed by atoms with Gasteiger partial charge in [-0.3, -0.25) is 0 Å². The summed E-state index contributed by atoms with van der Waals surface area (Å²) in [6.07, 6.45) is 0.825. The van der Waals surface area contributed by atoms with Crippen LogP contribution in [0.15, 0.2) is 17.0 Å². The summed E-state index contributed by atoms with van der Waals surface area (Å²) in [6, 6.07) is 3.08. The maximum Gasteiger partial charge on any atom is 0.238 e. The van der Waals surface area contributed by atoms with E-state index in [-0.39, 0.29) is 4.90 Å². The predicted octanol–water partition coefficient (Wildman–Crippen LogP) is 1.70. The molecule has 6 nitrogen and oxygen atoms in total. The molecule has 7 heteroatoms. The molecule has 0 bridgehead atoms. The lowest BCUT2D eigenvalue weighted by molar-refractivity contribution is 0.110. The van der Waals surface area contributed by atoms with Gasteiger partial charge in [0, 0.05) is 31.1 Å². The van der Waals surface area contributed by atoms with Gasteiger partial charge in [0.15, 0.2) is 0 Å². The molecule has 0 aromatic heterocycles. The van der Waals surface area contributed by atoms with Crippen LogP contribution in [0.25, 0.3) is 0 Å². The van der Waals surface area contributed by atoms with E-state index in [4.69, 9.17) is 15.6 Å². The maximum absolute atomic E-state index is 11.5. The summed E-state index contributed by atoms with van der Waals surface area (Å²) in [4.78, 5) is 0.0565. The van der Waals surface area contributed by atoms with Gasteiger partial charge >= 0.3 is 0 Å². The van der Waals surface area contributed by atoms with E-state index in [1.807, 2.05) is 0 Å². The van der Waals surface area contributed by atoms with Crippen molar-refractivity contribution in [3.8, 4) is 0 Å². The Balaban J connectivity index is 2.62. The molecular formula is C14H25N3O3S. The van der Waals surface area contributed by atoms with Crippen LogP contribution in [0.3, 0.4) is 0 Å². The monoisotopic (exact) mass is 315 g/mol. The first-order valence-electron chi connectivity index (χ1n) is 6.96. The van der Waals surface area contributed by atoms with Crippen molar-refractivity contribution in [2.75, 3.05) is 30.8 Å². The highest BCUT2D eigenvalue weighted by atomic mass is 32.2. The van der Waals surface area contributed by atoms with Gasteiger partial charge in [-0.25, -0.2) is 13.6 Å². The van der Waals surface area contributed by atoms with Crippen molar-refractivity contribution in [1.82, 2.24) is 0 Å². The van der Waals surface area contributed by atoms with E-state index >= 15 is 0 Å². The Morgan fingerprint density at radius 3 is 2.57 bits per heavy atom. The molecule has 0 aliphatic heterocycles. The Morgan fingerprint density at radius 2 is 2.00 bits per heavy atom. The third kappa shape index (κ3) is 5.91. The summed E-state index contributed by atoms with van der Waals surface area (Å²) in [5.41, 5.74) is 7.35. The summed E-state index contributed by atoms with van der Waals surface area (Å²) in [7, 11) is -3.77. The number of ether oxygens (including phenoxy) is 1. The highest BCUT2D eigenvalue weighted by Gasteiger charge is 2.15. The van der Waals surface area contributed by atoms with Gasteiger partial charge in [0.25, 0.3) is 0 Å². The average Bonchev–Trinajstić information content (AvgIpc) is 2.35. The van der Waals surface area contributed by atoms with Gasteiger partial charge < -0.3 is 15.8 Å². The van der Waals surface area contributed by atoms with Crippen LogP contribution in [0.4, 0.5) is 11.4 Å². The molecule has 120 valence electrons. The summed E-state index contributed by atoms with van der Waals surface area (Å²) >= 11 is 0. The number of primary sulfonamides is 1. The van der Waals surface area contributed by atoms with E-state index in [1.165, 1.54) is 6.07 Å². The molecule has 0 saturated carbocycles. The van der Waals surface area contributed by atoms with E-state index in [9.17, 15) is 8.42 Å². The van der Waals surface area contributed by atoms with Gasteiger partial charge in [-0.05, 0) is 37.0 Å². The minimum atomic E-state index is -3.77. The third-order valence-electron chi connectivity index (χ3n) is 2.92. The third-order valence-corrected chi connectivity index (χ3v) is 3.96. The second-order valence-corrected chi connectivity index (χ2v) is 7.02. The minimum absolute atomic E-state index is 0.0565. The van der Waals surface area contributed by atoms with Gasteiger partial charge in [0.1, 0.15) is 0 Å². The van der Waals surface area contributed by atoms with Gasteiger partial charge in [-0.1, -0.05) is 13.8 Å². The minimum Gasteiger partial charge on any atom is -0.399 e. The van der Waals surface area contributed by atoms with Crippen molar-refractivity contribution in [3.63, 3.8) is 0 Å². The highest BCUT2D eigenvalue weighted by Crippen LogP contribution is 2.25. The molecule has 21 heavy (non-hydrogen) atoms. The van der Waals surface area contributed by atoms with Crippen LogP contribution in [0.2, 0.25) is 0 Å². The maximum atomic E-state index is 11.5. The SMILES string of the molecule is Cc1c(NCCCOCC(C)C)cc(N)cc1S(N)(=O)=O. The Hall–Kier alpha value is -1.31. The summed E-state index contributed by atoms with van der Waals surface area (Å²) in [6.45, 7) is 7.98. The fraction of sp³-hybridized carbons (Fsp3) is 0.571. The van der Waals surface area contributed by atoms with Crippen LogP contribution >= 0.6 is 0 Å². The van der Waals surface area contributed by atoms with Crippen molar-refractivity contribution < 1.29 is 13.2 Å². The zero-order chi connectivity index (χ0) is 16.0. The molecule has 0 radical (unpaired) electrons. The average molecular weight is 315 g/mol. The summed E-state index contributed by atoms with van der Waals surface area (Å²) in [5.74, 6) is 0.520. The number of nitrogens with one attached hydrogen (secondary N) is 1. The molecule has 0 spiro atoms. The number of nitrogen functional groups attached to an aromatic ring is 1. The Labute approximate surface area is 126 Å². The lowest BCUT2D eigenvalue weighted by Crippen LogP contribution is -2.16. The number of hydrogen-bond donors (Lipinski definition) is 3. The molecule has 0 fully saturated rings. The van der Waals surface area contributed by atoms with Crippen molar-refractivity contribution >= 4 is 21.4 Å². The first kappa shape index (κ1) is 17.7. The summed E-state index contributed by atoms with van der Waals surface area (Å²) in [5, 5.41) is 8.36. The van der Waals surface area contributed by atoms with E-state index in [0.29, 0.717) is 36.0 Å². The molecule has 0 saturated heterocycles. The number of sulfonamides is 1. The zero-order valence-electron chi connectivity index (χ0n) is 12.8. The molecule has 1 aromatic carbocycles. The van der Waals surface area contributed by atoms with Crippen molar-refractivity contribution in [2.24, 2.45) is 11.1 Å². The van der Waals surface area contributed by atoms with E-state index in [0.717, 1.165) is 13.0 Å². The lowest BCUT2D eigenvalue weighted by Gasteiger charge is -2.14.